The van der Waals surface area contributed by atoms with Crippen LogP contribution in [0.15, 0.2) is 30.3 Å². The fraction of sp³-hybridized carbons (Fsp3) is 0.444. The predicted octanol–water partition coefficient (Wildman–Crippen LogP) is 2.51. The maximum atomic E-state index is 12.7. The molecule has 1 amide bonds. The van der Waals surface area contributed by atoms with E-state index in [1.807, 2.05) is 30.3 Å². The fourth-order valence-corrected chi connectivity index (χ4v) is 2.93. The number of hydrogen-bond acceptors (Lipinski definition) is 4. The fourth-order valence-electron chi connectivity index (χ4n) is 2.93. The monoisotopic (exact) mass is 385 g/mol. The molecule has 3 rings (SSSR count). The van der Waals surface area contributed by atoms with Crippen LogP contribution in [0.4, 0.5) is 0 Å². The highest BCUT2D eigenvalue weighted by Crippen LogP contribution is 2.22. The Kier molecular flexibility index (Phi) is 8.09. The van der Waals surface area contributed by atoms with Crippen molar-refractivity contribution in [2.45, 2.75) is 25.9 Å². The number of para-hydroxylation sites is 1. The van der Waals surface area contributed by atoms with Crippen LogP contribution < -0.4 is 10.6 Å². The van der Waals surface area contributed by atoms with Crippen LogP contribution in [0.25, 0.3) is 10.9 Å². The summed E-state index contributed by atoms with van der Waals surface area (Å²) < 4.78 is 0. The quantitative estimate of drug-likeness (QED) is 0.755. The van der Waals surface area contributed by atoms with Gasteiger partial charge >= 0.3 is 0 Å². The third kappa shape index (κ3) is 4.82. The Morgan fingerprint density at radius 2 is 2.04 bits per heavy atom. The summed E-state index contributed by atoms with van der Waals surface area (Å²) in [6.07, 6.45) is -0.393. The van der Waals surface area contributed by atoms with Crippen molar-refractivity contribution in [2.24, 2.45) is 5.92 Å². The van der Waals surface area contributed by atoms with Gasteiger partial charge in [-0.1, -0.05) is 32.0 Å². The van der Waals surface area contributed by atoms with Gasteiger partial charge in [0.2, 0.25) is 0 Å². The van der Waals surface area contributed by atoms with Crippen molar-refractivity contribution < 1.29 is 9.90 Å². The van der Waals surface area contributed by atoms with Crippen LogP contribution in [-0.2, 0) is 0 Å². The predicted molar refractivity (Wildman–Crippen MR) is 105 cm³/mol. The number of carbonyl (C=O) groups excluding carboxylic acids is 1. The van der Waals surface area contributed by atoms with Crippen molar-refractivity contribution in [1.29, 1.82) is 0 Å². The first kappa shape index (κ1) is 21.6. The van der Waals surface area contributed by atoms with E-state index in [2.05, 4.69) is 29.5 Å². The first-order valence-corrected chi connectivity index (χ1v) is 8.13. The second kappa shape index (κ2) is 9.34. The van der Waals surface area contributed by atoms with Crippen LogP contribution in [0.5, 0.6) is 0 Å². The summed E-state index contributed by atoms with van der Waals surface area (Å²) in [4.78, 5) is 17.3. The third-order valence-electron chi connectivity index (χ3n) is 4.40. The van der Waals surface area contributed by atoms with E-state index in [0.29, 0.717) is 18.7 Å². The van der Waals surface area contributed by atoms with Crippen LogP contribution in [-0.4, -0.2) is 41.7 Å². The normalized spacial score (nSPS) is 19.4. The molecule has 1 aliphatic rings. The van der Waals surface area contributed by atoms with Gasteiger partial charge in [-0.3, -0.25) is 9.78 Å². The summed E-state index contributed by atoms with van der Waals surface area (Å²) in [6, 6.07) is 9.59. The molecule has 2 atom stereocenters. The van der Waals surface area contributed by atoms with Crippen molar-refractivity contribution in [1.82, 2.24) is 15.6 Å². The SMILES string of the molecule is CC(C)c1cc(C(=O)NCC2CNCC2O)c2ccccc2n1.Cl.Cl. The topological polar surface area (TPSA) is 74.2 Å². The number of aromatic nitrogens is 1. The third-order valence-corrected chi connectivity index (χ3v) is 4.40. The molecule has 1 saturated heterocycles. The molecule has 2 aromatic rings. The highest BCUT2D eigenvalue weighted by atomic mass is 35.5. The molecule has 2 heterocycles. The van der Waals surface area contributed by atoms with Gasteiger partial charge in [-0.25, -0.2) is 0 Å². The van der Waals surface area contributed by atoms with E-state index in [0.717, 1.165) is 23.1 Å². The van der Waals surface area contributed by atoms with Crippen molar-refractivity contribution >= 4 is 41.6 Å². The number of hydrogen-bond donors (Lipinski definition) is 3. The summed E-state index contributed by atoms with van der Waals surface area (Å²) >= 11 is 0. The number of pyridine rings is 1. The number of fused-ring (bicyclic) bond motifs is 1. The molecule has 7 heteroatoms. The number of carbonyl (C=O) groups is 1. The molecule has 1 aromatic heterocycles. The summed E-state index contributed by atoms with van der Waals surface area (Å²) in [5.74, 6) is 0.216. The summed E-state index contributed by atoms with van der Waals surface area (Å²) in [5, 5.41) is 16.8. The lowest BCUT2D eigenvalue weighted by Gasteiger charge is -2.16. The van der Waals surface area contributed by atoms with Gasteiger partial charge in [-0.05, 0) is 18.1 Å². The second-order valence-corrected chi connectivity index (χ2v) is 6.46. The van der Waals surface area contributed by atoms with E-state index in [1.54, 1.807) is 0 Å². The Labute approximate surface area is 160 Å². The lowest BCUT2D eigenvalue weighted by atomic mass is 10.0. The van der Waals surface area contributed by atoms with E-state index >= 15 is 0 Å². The Morgan fingerprint density at radius 3 is 2.68 bits per heavy atom. The van der Waals surface area contributed by atoms with Gasteiger partial charge < -0.3 is 15.7 Å². The van der Waals surface area contributed by atoms with Crippen LogP contribution in [0.3, 0.4) is 0 Å². The molecule has 1 aromatic carbocycles. The smallest absolute Gasteiger partial charge is 0.252 e. The van der Waals surface area contributed by atoms with Gasteiger partial charge in [0.05, 0.1) is 17.2 Å². The minimum absolute atomic E-state index is 0. The van der Waals surface area contributed by atoms with Crippen molar-refractivity contribution in [3.8, 4) is 0 Å². The summed E-state index contributed by atoms with van der Waals surface area (Å²) in [5.41, 5.74) is 2.41. The number of rotatable bonds is 4. The van der Waals surface area contributed by atoms with Crippen molar-refractivity contribution in [2.75, 3.05) is 19.6 Å². The average Bonchev–Trinajstić information content (AvgIpc) is 2.96. The van der Waals surface area contributed by atoms with Crippen molar-refractivity contribution in [3.05, 3.63) is 41.6 Å². The second-order valence-electron chi connectivity index (χ2n) is 6.46. The number of halogens is 2. The molecular weight excluding hydrogens is 361 g/mol. The first-order valence-electron chi connectivity index (χ1n) is 8.13. The molecule has 1 aliphatic heterocycles. The molecule has 5 nitrogen and oxygen atoms in total. The molecule has 3 N–H and O–H groups in total. The molecule has 0 spiro atoms. The highest BCUT2D eigenvalue weighted by molar-refractivity contribution is 6.06. The molecule has 25 heavy (non-hydrogen) atoms. The Bertz CT molecular complexity index is 725. The number of nitrogens with zero attached hydrogens (tertiary/aromatic N) is 1. The van der Waals surface area contributed by atoms with Crippen LogP contribution >= 0.6 is 24.8 Å². The average molecular weight is 386 g/mol. The van der Waals surface area contributed by atoms with Gasteiger partial charge in [0.1, 0.15) is 0 Å². The number of amides is 1. The van der Waals surface area contributed by atoms with Gasteiger partial charge in [-0.15, -0.1) is 24.8 Å². The number of β-amino-alcohol motifs (C(OH)–C–C–N with tert-alkyl or cyclic N) is 1. The maximum absolute atomic E-state index is 12.7. The lowest BCUT2D eigenvalue weighted by Crippen LogP contribution is -2.34. The number of aliphatic hydroxyl groups is 1. The molecule has 0 saturated carbocycles. The number of nitrogens with one attached hydrogen (secondary N) is 2. The van der Waals surface area contributed by atoms with Crippen LogP contribution in [0.1, 0.15) is 35.8 Å². The van der Waals surface area contributed by atoms with E-state index in [9.17, 15) is 9.90 Å². The zero-order valence-electron chi connectivity index (χ0n) is 14.4. The summed E-state index contributed by atoms with van der Waals surface area (Å²) in [7, 11) is 0. The van der Waals surface area contributed by atoms with E-state index in [1.165, 1.54) is 0 Å². The summed E-state index contributed by atoms with van der Waals surface area (Å²) in [6.45, 7) is 5.94. The molecule has 138 valence electrons. The molecule has 1 fully saturated rings. The van der Waals surface area contributed by atoms with Crippen LogP contribution in [0.2, 0.25) is 0 Å². The Balaban J connectivity index is 0.00000156. The number of benzene rings is 1. The largest absolute Gasteiger partial charge is 0.391 e. The zero-order chi connectivity index (χ0) is 16.4. The van der Waals surface area contributed by atoms with Gasteiger partial charge in [-0.2, -0.15) is 0 Å². The Morgan fingerprint density at radius 1 is 1.32 bits per heavy atom. The van der Waals surface area contributed by atoms with E-state index in [-0.39, 0.29) is 42.6 Å². The molecule has 0 bridgehead atoms. The minimum Gasteiger partial charge on any atom is -0.391 e. The number of aliphatic hydroxyl groups excluding tert-OH is 1. The van der Waals surface area contributed by atoms with Crippen LogP contribution in [0, 0.1) is 5.92 Å². The van der Waals surface area contributed by atoms with E-state index < -0.39 is 6.10 Å². The molecule has 0 aliphatic carbocycles. The maximum Gasteiger partial charge on any atom is 0.252 e. The molecule has 0 radical (unpaired) electrons. The van der Waals surface area contributed by atoms with Gasteiger partial charge in [0.25, 0.3) is 5.91 Å². The van der Waals surface area contributed by atoms with Crippen molar-refractivity contribution in [3.63, 3.8) is 0 Å². The van der Waals surface area contributed by atoms with Gasteiger partial charge in [0.15, 0.2) is 0 Å². The standard InChI is InChI=1S/C18H23N3O2.2ClH/c1-11(2)16-7-14(13-5-3-4-6-15(13)21-16)18(23)20-9-12-8-19-10-17(12)22;;/h3-7,11-12,17,19,22H,8-10H2,1-2H3,(H,20,23);2*1H. The van der Waals surface area contributed by atoms with Gasteiger partial charge in [0, 0.05) is 36.6 Å². The zero-order valence-corrected chi connectivity index (χ0v) is 16.0. The van der Waals surface area contributed by atoms with E-state index in [4.69, 9.17) is 0 Å². The molecule has 2 unspecified atom stereocenters. The minimum atomic E-state index is -0.393. The first-order chi connectivity index (χ1) is 11.1. The molecular formula is C18H25Cl2N3O2. The Hall–Kier alpha value is -1.40. The highest BCUT2D eigenvalue weighted by Gasteiger charge is 2.25. The lowest BCUT2D eigenvalue weighted by molar-refractivity contribution is 0.0928.